The van der Waals surface area contributed by atoms with E-state index < -0.39 is 0 Å². The first-order chi connectivity index (χ1) is 9.15. The van der Waals surface area contributed by atoms with Crippen LogP contribution in [0.2, 0.25) is 0 Å². The molecule has 2 nitrogen and oxygen atoms in total. The third kappa shape index (κ3) is 2.13. The Morgan fingerprint density at radius 2 is 1.84 bits per heavy atom. The van der Waals surface area contributed by atoms with E-state index in [1.165, 1.54) is 17.7 Å². The van der Waals surface area contributed by atoms with Crippen molar-refractivity contribution in [1.29, 1.82) is 0 Å². The molecule has 3 rings (SSSR count). The van der Waals surface area contributed by atoms with E-state index in [1.54, 1.807) is 23.5 Å². The molecule has 94 valence electrons. The van der Waals surface area contributed by atoms with Crippen LogP contribution in [0.1, 0.15) is 21.5 Å². The highest BCUT2D eigenvalue weighted by Crippen LogP contribution is 2.29. The van der Waals surface area contributed by atoms with Crippen LogP contribution in [0.4, 0.5) is 0 Å². The fourth-order valence-electron chi connectivity index (χ4n) is 2.08. The summed E-state index contributed by atoms with van der Waals surface area (Å²) in [5.74, 6) is 0.164. The largest absolute Gasteiger partial charge is 0.508 e. The molecule has 3 heteroatoms. The summed E-state index contributed by atoms with van der Waals surface area (Å²) >= 11 is 1.58. The summed E-state index contributed by atoms with van der Waals surface area (Å²) in [5, 5.41) is 12.2. The molecule has 0 aliphatic carbocycles. The highest BCUT2D eigenvalue weighted by atomic mass is 32.1. The second kappa shape index (κ2) is 4.52. The SMILES string of the molecule is Cc1ccc2c(C(=O)c3ccc(O)cc3)csc2c1. The molecule has 0 saturated heterocycles. The molecule has 1 aromatic heterocycles. The fourth-order valence-corrected chi connectivity index (χ4v) is 3.12. The molecular weight excluding hydrogens is 256 g/mol. The molecule has 0 spiro atoms. The van der Waals surface area contributed by atoms with Crippen LogP contribution in [0, 0.1) is 6.92 Å². The maximum atomic E-state index is 12.4. The number of phenolic OH excluding ortho intramolecular Hbond substituents is 1. The normalized spacial score (nSPS) is 10.8. The summed E-state index contributed by atoms with van der Waals surface area (Å²) in [7, 11) is 0. The highest BCUT2D eigenvalue weighted by molar-refractivity contribution is 7.17. The first-order valence-corrected chi connectivity index (χ1v) is 6.85. The lowest BCUT2D eigenvalue weighted by Crippen LogP contribution is -1.99. The summed E-state index contributed by atoms with van der Waals surface area (Å²) in [6.07, 6.45) is 0. The van der Waals surface area contributed by atoms with E-state index in [0.717, 1.165) is 15.6 Å². The van der Waals surface area contributed by atoms with Gasteiger partial charge in [-0.3, -0.25) is 4.79 Å². The van der Waals surface area contributed by atoms with Gasteiger partial charge >= 0.3 is 0 Å². The average Bonchev–Trinajstić information content (AvgIpc) is 2.81. The van der Waals surface area contributed by atoms with Crippen molar-refractivity contribution in [1.82, 2.24) is 0 Å². The van der Waals surface area contributed by atoms with Gasteiger partial charge in [0.1, 0.15) is 5.75 Å². The summed E-state index contributed by atoms with van der Waals surface area (Å²) < 4.78 is 1.13. The topological polar surface area (TPSA) is 37.3 Å². The van der Waals surface area contributed by atoms with Crippen LogP contribution < -0.4 is 0 Å². The molecular formula is C16H12O2S. The Labute approximate surface area is 114 Å². The van der Waals surface area contributed by atoms with E-state index in [4.69, 9.17) is 0 Å². The molecule has 0 aliphatic heterocycles. The van der Waals surface area contributed by atoms with E-state index in [-0.39, 0.29) is 11.5 Å². The van der Waals surface area contributed by atoms with Crippen LogP contribution in [0.5, 0.6) is 5.75 Å². The Balaban J connectivity index is 2.09. The Morgan fingerprint density at radius 3 is 2.58 bits per heavy atom. The summed E-state index contributed by atoms with van der Waals surface area (Å²) in [6, 6.07) is 12.5. The number of aryl methyl sites for hydroxylation is 1. The summed E-state index contributed by atoms with van der Waals surface area (Å²) in [5.41, 5.74) is 2.52. The molecule has 0 aliphatic rings. The number of ketones is 1. The van der Waals surface area contributed by atoms with E-state index in [2.05, 4.69) is 6.07 Å². The van der Waals surface area contributed by atoms with Crippen molar-refractivity contribution in [3.63, 3.8) is 0 Å². The van der Waals surface area contributed by atoms with Crippen molar-refractivity contribution >= 4 is 27.2 Å². The van der Waals surface area contributed by atoms with E-state index >= 15 is 0 Å². The van der Waals surface area contributed by atoms with Crippen molar-refractivity contribution in [2.24, 2.45) is 0 Å². The first kappa shape index (κ1) is 11.9. The number of thiophene rings is 1. The lowest BCUT2D eigenvalue weighted by molar-refractivity contribution is 0.104. The number of fused-ring (bicyclic) bond motifs is 1. The minimum atomic E-state index is -0.00453. The summed E-state index contributed by atoms with van der Waals surface area (Å²) in [4.78, 5) is 12.4. The molecule has 19 heavy (non-hydrogen) atoms. The van der Waals surface area contributed by atoms with E-state index in [1.807, 2.05) is 24.4 Å². The van der Waals surface area contributed by atoms with Crippen LogP contribution in [-0.4, -0.2) is 10.9 Å². The van der Waals surface area contributed by atoms with Crippen LogP contribution >= 0.6 is 11.3 Å². The molecule has 2 aromatic carbocycles. The number of carbonyl (C=O) groups is 1. The Bertz CT molecular complexity index is 754. The van der Waals surface area contributed by atoms with Gasteiger partial charge in [0.2, 0.25) is 0 Å². The highest BCUT2D eigenvalue weighted by Gasteiger charge is 2.14. The van der Waals surface area contributed by atoms with Gasteiger partial charge < -0.3 is 5.11 Å². The first-order valence-electron chi connectivity index (χ1n) is 5.97. The van der Waals surface area contributed by atoms with Crippen molar-refractivity contribution in [2.75, 3.05) is 0 Å². The van der Waals surface area contributed by atoms with E-state index in [9.17, 15) is 9.90 Å². The average molecular weight is 268 g/mol. The van der Waals surface area contributed by atoms with Gasteiger partial charge in [0.25, 0.3) is 0 Å². The van der Waals surface area contributed by atoms with Crippen LogP contribution in [-0.2, 0) is 0 Å². The zero-order valence-electron chi connectivity index (χ0n) is 10.4. The van der Waals surface area contributed by atoms with Gasteiger partial charge in [0.15, 0.2) is 5.78 Å². The molecule has 1 N–H and O–H groups in total. The van der Waals surface area contributed by atoms with Gasteiger partial charge in [-0.2, -0.15) is 0 Å². The van der Waals surface area contributed by atoms with Gasteiger partial charge in [-0.25, -0.2) is 0 Å². The van der Waals surface area contributed by atoms with Crippen LogP contribution in [0.25, 0.3) is 10.1 Å². The van der Waals surface area contributed by atoms with Crippen molar-refractivity contribution in [3.05, 3.63) is 64.5 Å². The number of hydrogen-bond donors (Lipinski definition) is 1. The fraction of sp³-hybridized carbons (Fsp3) is 0.0625. The van der Waals surface area contributed by atoms with Gasteiger partial charge in [-0.15, -0.1) is 11.3 Å². The monoisotopic (exact) mass is 268 g/mol. The number of rotatable bonds is 2. The standard InChI is InChI=1S/C16H12O2S/c1-10-2-7-13-14(9-19-15(13)8-10)16(18)11-3-5-12(17)6-4-11/h2-9,17H,1H3. The Morgan fingerprint density at radius 1 is 1.11 bits per heavy atom. The number of benzene rings is 2. The number of phenols is 1. The third-order valence-electron chi connectivity index (χ3n) is 3.11. The minimum absolute atomic E-state index is 0.00453. The predicted octanol–water partition coefficient (Wildman–Crippen LogP) is 4.15. The van der Waals surface area contributed by atoms with Crippen LogP contribution in [0.3, 0.4) is 0 Å². The Hall–Kier alpha value is -2.13. The second-order valence-corrected chi connectivity index (χ2v) is 5.44. The number of hydrogen-bond acceptors (Lipinski definition) is 3. The molecule has 0 saturated carbocycles. The predicted molar refractivity (Wildman–Crippen MR) is 78.1 cm³/mol. The molecule has 1 heterocycles. The Kier molecular flexibility index (Phi) is 2.84. The molecule has 0 bridgehead atoms. The second-order valence-electron chi connectivity index (χ2n) is 4.52. The number of aromatic hydroxyl groups is 1. The van der Waals surface area contributed by atoms with Gasteiger partial charge in [0, 0.05) is 26.6 Å². The number of carbonyl (C=O) groups excluding carboxylic acids is 1. The van der Waals surface area contributed by atoms with Gasteiger partial charge in [0.05, 0.1) is 0 Å². The van der Waals surface area contributed by atoms with Crippen molar-refractivity contribution in [2.45, 2.75) is 6.92 Å². The maximum Gasteiger partial charge on any atom is 0.194 e. The quantitative estimate of drug-likeness (QED) is 0.709. The molecule has 0 fully saturated rings. The third-order valence-corrected chi connectivity index (χ3v) is 4.05. The molecule has 0 atom stereocenters. The minimum Gasteiger partial charge on any atom is -0.508 e. The zero-order valence-corrected chi connectivity index (χ0v) is 11.2. The molecule has 3 aromatic rings. The van der Waals surface area contributed by atoms with Gasteiger partial charge in [-0.05, 0) is 42.8 Å². The van der Waals surface area contributed by atoms with Gasteiger partial charge in [-0.1, -0.05) is 12.1 Å². The zero-order chi connectivity index (χ0) is 13.4. The van der Waals surface area contributed by atoms with E-state index in [0.29, 0.717) is 5.56 Å². The lowest BCUT2D eigenvalue weighted by Gasteiger charge is -2.01. The molecule has 0 amide bonds. The molecule has 0 unspecified atom stereocenters. The smallest absolute Gasteiger partial charge is 0.194 e. The van der Waals surface area contributed by atoms with Crippen LogP contribution in [0.15, 0.2) is 47.8 Å². The molecule has 0 radical (unpaired) electrons. The summed E-state index contributed by atoms with van der Waals surface area (Å²) in [6.45, 7) is 2.04. The lowest BCUT2D eigenvalue weighted by atomic mass is 10.0. The van der Waals surface area contributed by atoms with Crippen molar-refractivity contribution in [3.8, 4) is 5.75 Å². The van der Waals surface area contributed by atoms with Crippen molar-refractivity contribution < 1.29 is 9.90 Å². The maximum absolute atomic E-state index is 12.4.